The molecular formula is C19H19N5O2. The summed E-state index contributed by atoms with van der Waals surface area (Å²) < 4.78 is 4.98. The molecule has 132 valence electrons. The molecule has 0 bridgehead atoms. The number of aryl methyl sites for hydroxylation is 1. The van der Waals surface area contributed by atoms with Crippen molar-refractivity contribution < 1.29 is 9.32 Å². The summed E-state index contributed by atoms with van der Waals surface area (Å²) in [5, 5.41) is 3.61. The van der Waals surface area contributed by atoms with Crippen LogP contribution in [0.15, 0.2) is 47.5 Å². The highest BCUT2D eigenvalue weighted by atomic mass is 16.5. The summed E-state index contributed by atoms with van der Waals surface area (Å²) in [4.78, 5) is 27.4. The van der Waals surface area contributed by atoms with Crippen molar-refractivity contribution in [1.82, 2.24) is 25.0 Å². The van der Waals surface area contributed by atoms with E-state index in [0.717, 1.165) is 35.5 Å². The number of piperidine rings is 1. The van der Waals surface area contributed by atoms with Crippen molar-refractivity contribution in [3.05, 3.63) is 60.3 Å². The van der Waals surface area contributed by atoms with Crippen LogP contribution >= 0.6 is 0 Å². The fourth-order valence-corrected chi connectivity index (χ4v) is 3.39. The van der Waals surface area contributed by atoms with Gasteiger partial charge in [0.05, 0.1) is 11.9 Å². The van der Waals surface area contributed by atoms with Crippen LogP contribution in [0.1, 0.15) is 40.8 Å². The second-order valence-corrected chi connectivity index (χ2v) is 6.40. The molecule has 7 nitrogen and oxygen atoms in total. The highest BCUT2D eigenvalue weighted by Crippen LogP contribution is 2.33. The van der Waals surface area contributed by atoms with Crippen molar-refractivity contribution >= 4 is 5.91 Å². The second kappa shape index (κ2) is 7.03. The standard InChI is InChI=1S/C19H19N5O2/c1-13-21-12-16(14-2-7-20-8-3-14)18(23-13)15-5-10-24(11-6-15)19(25)17-4-9-22-26-17/h2-4,7-9,12,15H,5-6,10-11H2,1H3. The lowest BCUT2D eigenvalue weighted by molar-refractivity contribution is 0.0670. The van der Waals surface area contributed by atoms with Gasteiger partial charge in [0, 0.05) is 49.2 Å². The van der Waals surface area contributed by atoms with E-state index in [-0.39, 0.29) is 5.91 Å². The van der Waals surface area contributed by atoms with E-state index in [1.807, 2.05) is 30.2 Å². The van der Waals surface area contributed by atoms with Crippen molar-refractivity contribution in [2.24, 2.45) is 0 Å². The fraction of sp³-hybridized carbons (Fsp3) is 0.316. The molecule has 4 rings (SSSR count). The van der Waals surface area contributed by atoms with Crippen LogP contribution in [0.5, 0.6) is 0 Å². The summed E-state index contributed by atoms with van der Waals surface area (Å²) in [7, 11) is 0. The molecule has 26 heavy (non-hydrogen) atoms. The quantitative estimate of drug-likeness (QED) is 0.723. The van der Waals surface area contributed by atoms with E-state index in [2.05, 4.69) is 15.1 Å². The Hall–Kier alpha value is -3.09. The molecule has 1 saturated heterocycles. The Kier molecular flexibility index (Phi) is 4.43. The lowest BCUT2D eigenvalue weighted by Gasteiger charge is -2.31. The Morgan fingerprint density at radius 2 is 1.92 bits per heavy atom. The Morgan fingerprint density at radius 3 is 2.62 bits per heavy atom. The number of nitrogens with zero attached hydrogens (tertiary/aromatic N) is 5. The van der Waals surface area contributed by atoms with Crippen LogP contribution in [0, 0.1) is 6.92 Å². The van der Waals surface area contributed by atoms with Gasteiger partial charge in [-0.05, 0) is 37.5 Å². The number of rotatable bonds is 3. The van der Waals surface area contributed by atoms with E-state index in [9.17, 15) is 4.79 Å². The molecule has 1 aliphatic heterocycles. The minimum absolute atomic E-state index is 0.103. The average Bonchev–Trinajstić information content (AvgIpc) is 3.23. The molecule has 4 heterocycles. The zero-order valence-electron chi connectivity index (χ0n) is 14.5. The van der Waals surface area contributed by atoms with Gasteiger partial charge in [-0.1, -0.05) is 5.16 Å². The van der Waals surface area contributed by atoms with E-state index in [1.165, 1.54) is 6.20 Å². The molecular weight excluding hydrogens is 330 g/mol. The molecule has 3 aromatic heterocycles. The highest BCUT2D eigenvalue weighted by Gasteiger charge is 2.28. The lowest BCUT2D eigenvalue weighted by atomic mass is 9.89. The fourth-order valence-electron chi connectivity index (χ4n) is 3.39. The van der Waals surface area contributed by atoms with Gasteiger partial charge in [-0.3, -0.25) is 9.78 Å². The van der Waals surface area contributed by atoms with Crippen molar-refractivity contribution in [2.75, 3.05) is 13.1 Å². The molecule has 0 aliphatic carbocycles. The SMILES string of the molecule is Cc1ncc(-c2ccncc2)c(C2CCN(C(=O)c3ccno3)CC2)n1. The Bertz CT molecular complexity index is 888. The van der Waals surface area contributed by atoms with Gasteiger partial charge in [0.25, 0.3) is 5.91 Å². The Morgan fingerprint density at radius 1 is 1.15 bits per heavy atom. The van der Waals surface area contributed by atoms with Crippen LogP contribution < -0.4 is 0 Å². The van der Waals surface area contributed by atoms with E-state index in [0.29, 0.717) is 24.8 Å². The number of hydrogen-bond acceptors (Lipinski definition) is 6. The van der Waals surface area contributed by atoms with Crippen molar-refractivity contribution in [3.8, 4) is 11.1 Å². The van der Waals surface area contributed by atoms with E-state index >= 15 is 0 Å². The third kappa shape index (κ3) is 3.20. The number of aromatic nitrogens is 4. The number of hydrogen-bond donors (Lipinski definition) is 0. The van der Waals surface area contributed by atoms with Gasteiger partial charge in [0.1, 0.15) is 5.82 Å². The molecule has 3 aromatic rings. The molecule has 0 radical (unpaired) electrons. The molecule has 0 saturated carbocycles. The summed E-state index contributed by atoms with van der Waals surface area (Å²) in [5.41, 5.74) is 3.16. The number of likely N-dealkylation sites (tertiary alicyclic amines) is 1. The molecule has 1 aliphatic rings. The number of carbonyl (C=O) groups excluding carboxylic acids is 1. The van der Waals surface area contributed by atoms with Crippen LogP contribution in [0.2, 0.25) is 0 Å². The first-order valence-electron chi connectivity index (χ1n) is 8.66. The molecule has 0 atom stereocenters. The van der Waals surface area contributed by atoms with E-state index < -0.39 is 0 Å². The third-order valence-corrected chi connectivity index (χ3v) is 4.75. The Balaban J connectivity index is 1.54. The zero-order valence-corrected chi connectivity index (χ0v) is 14.5. The van der Waals surface area contributed by atoms with Crippen molar-refractivity contribution in [2.45, 2.75) is 25.7 Å². The molecule has 0 aromatic carbocycles. The first-order chi connectivity index (χ1) is 12.7. The molecule has 1 fully saturated rings. The van der Waals surface area contributed by atoms with Crippen LogP contribution in [0.3, 0.4) is 0 Å². The van der Waals surface area contributed by atoms with Gasteiger partial charge in [-0.15, -0.1) is 0 Å². The smallest absolute Gasteiger partial charge is 0.292 e. The summed E-state index contributed by atoms with van der Waals surface area (Å²) in [6.45, 7) is 3.24. The predicted octanol–water partition coefficient (Wildman–Crippen LogP) is 2.85. The Labute approximate surface area is 151 Å². The molecule has 0 spiro atoms. The van der Waals surface area contributed by atoms with Gasteiger partial charge in [0.2, 0.25) is 5.76 Å². The first-order valence-corrected chi connectivity index (χ1v) is 8.66. The summed E-state index contributed by atoms with van der Waals surface area (Å²) in [6.07, 6.45) is 8.64. The van der Waals surface area contributed by atoms with E-state index in [1.54, 1.807) is 18.5 Å². The summed E-state index contributed by atoms with van der Waals surface area (Å²) in [6, 6.07) is 5.55. The molecule has 7 heteroatoms. The largest absolute Gasteiger partial charge is 0.351 e. The van der Waals surface area contributed by atoms with Crippen molar-refractivity contribution in [1.29, 1.82) is 0 Å². The average molecular weight is 349 g/mol. The minimum atomic E-state index is -0.103. The normalized spacial score (nSPS) is 15.2. The first kappa shape index (κ1) is 16.4. The van der Waals surface area contributed by atoms with Gasteiger partial charge in [0.15, 0.2) is 0 Å². The van der Waals surface area contributed by atoms with E-state index in [4.69, 9.17) is 9.51 Å². The third-order valence-electron chi connectivity index (χ3n) is 4.75. The second-order valence-electron chi connectivity index (χ2n) is 6.40. The van der Waals surface area contributed by atoms with Gasteiger partial charge in [-0.25, -0.2) is 9.97 Å². The molecule has 0 unspecified atom stereocenters. The molecule has 1 amide bonds. The molecule has 0 N–H and O–H groups in total. The lowest BCUT2D eigenvalue weighted by Crippen LogP contribution is -2.38. The van der Waals surface area contributed by atoms with Crippen LogP contribution in [-0.4, -0.2) is 44.0 Å². The minimum Gasteiger partial charge on any atom is -0.351 e. The monoisotopic (exact) mass is 349 g/mol. The van der Waals surface area contributed by atoms with Crippen LogP contribution in [0.4, 0.5) is 0 Å². The van der Waals surface area contributed by atoms with Gasteiger partial charge >= 0.3 is 0 Å². The highest BCUT2D eigenvalue weighted by molar-refractivity contribution is 5.91. The summed E-state index contributed by atoms with van der Waals surface area (Å²) in [5.74, 6) is 1.24. The summed E-state index contributed by atoms with van der Waals surface area (Å²) >= 11 is 0. The number of amides is 1. The maximum Gasteiger partial charge on any atom is 0.292 e. The van der Waals surface area contributed by atoms with Gasteiger partial charge < -0.3 is 9.42 Å². The predicted molar refractivity (Wildman–Crippen MR) is 94.4 cm³/mol. The maximum atomic E-state index is 12.4. The number of pyridine rings is 1. The maximum absolute atomic E-state index is 12.4. The van der Waals surface area contributed by atoms with Gasteiger partial charge in [-0.2, -0.15) is 0 Å². The topological polar surface area (TPSA) is 85.0 Å². The number of carbonyl (C=O) groups is 1. The van der Waals surface area contributed by atoms with Crippen molar-refractivity contribution in [3.63, 3.8) is 0 Å². The van der Waals surface area contributed by atoms with Crippen LogP contribution in [0.25, 0.3) is 11.1 Å². The zero-order chi connectivity index (χ0) is 17.9. The van der Waals surface area contributed by atoms with Crippen LogP contribution in [-0.2, 0) is 0 Å².